The molecule has 3 heteroatoms. The summed E-state index contributed by atoms with van der Waals surface area (Å²) in [5.41, 5.74) is 1.03. The average molecular weight is 317 g/mol. The van der Waals surface area contributed by atoms with Crippen LogP contribution in [0.4, 0.5) is 0 Å². The molecule has 1 aliphatic rings. The van der Waals surface area contributed by atoms with Crippen molar-refractivity contribution in [3.05, 3.63) is 33.4 Å². The summed E-state index contributed by atoms with van der Waals surface area (Å²) in [6.07, 6.45) is 2.95. The maximum atomic E-state index is 10.0. The molecule has 0 spiro atoms. The smallest absolute Gasteiger partial charge is 0.0804 e. The third-order valence-corrected chi connectivity index (χ3v) is 3.64. The number of halogens is 1. The van der Waals surface area contributed by atoms with E-state index in [2.05, 4.69) is 27.9 Å². The summed E-state index contributed by atoms with van der Waals surface area (Å²) in [6, 6.07) is 8.62. The van der Waals surface area contributed by atoms with Crippen molar-refractivity contribution in [3.63, 3.8) is 0 Å². The summed E-state index contributed by atoms with van der Waals surface area (Å²) in [5.74, 6) is 0. The fraction of sp³-hybridized carbons (Fsp3) is 0.500. The summed E-state index contributed by atoms with van der Waals surface area (Å²) in [6.45, 7) is 1.10. The van der Waals surface area contributed by atoms with Crippen molar-refractivity contribution in [1.82, 2.24) is 5.32 Å². The van der Waals surface area contributed by atoms with E-state index in [-0.39, 0.29) is 6.10 Å². The van der Waals surface area contributed by atoms with Crippen LogP contribution in [0.5, 0.6) is 0 Å². The molecule has 0 aromatic heterocycles. The predicted molar refractivity (Wildman–Crippen MR) is 69.8 cm³/mol. The first-order chi connectivity index (χ1) is 7.25. The highest BCUT2D eigenvalue weighted by atomic mass is 127. The molecule has 2 rings (SSSR count). The summed E-state index contributed by atoms with van der Waals surface area (Å²) < 4.78 is 1.21. The topological polar surface area (TPSA) is 32.3 Å². The van der Waals surface area contributed by atoms with E-state index in [1.54, 1.807) is 0 Å². The molecular formula is C12H16INO. The molecule has 0 amide bonds. The number of hydrogen-bond donors (Lipinski definition) is 2. The van der Waals surface area contributed by atoms with Crippen LogP contribution in [0.1, 0.15) is 30.9 Å². The highest BCUT2D eigenvalue weighted by Gasteiger charge is 2.18. The second kappa shape index (κ2) is 5.27. The molecule has 2 atom stereocenters. The predicted octanol–water partition coefficient (Wildman–Crippen LogP) is 2.47. The van der Waals surface area contributed by atoms with E-state index in [1.165, 1.54) is 16.4 Å². The highest BCUT2D eigenvalue weighted by Crippen LogP contribution is 2.22. The Bertz CT molecular complexity index is 306. The van der Waals surface area contributed by atoms with Crippen LogP contribution in [0.15, 0.2) is 24.3 Å². The maximum absolute atomic E-state index is 10.0. The zero-order valence-corrected chi connectivity index (χ0v) is 10.8. The van der Waals surface area contributed by atoms with Gasteiger partial charge in [-0.15, -0.1) is 0 Å². The molecule has 1 heterocycles. The molecular weight excluding hydrogens is 301 g/mol. The molecule has 1 fully saturated rings. The van der Waals surface area contributed by atoms with Gasteiger partial charge in [-0.1, -0.05) is 12.1 Å². The standard InChI is InChI=1S/C12H16INO/c13-10-5-3-9(4-6-10)12(15)8-11-2-1-7-14-11/h3-6,11-12,14-15H,1-2,7-8H2. The van der Waals surface area contributed by atoms with Gasteiger partial charge in [0, 0.05) is 9.61 Å². The van der Waals surface area contributed by atoms with Gasteiger partial charge in [0.1, 0.15) is 0 Å². The van der Waals surface area contributed by atoms with Gasteiger partial charge in [0.25, 0.3) is 0 Å². The van der Waals surface area contributed by atoms with E-state index in [0.717, 1.165) is 18.5 Å². The van der Waals surface area contributed by atoms with E-state index in [1.807, 2.05) is 24.3 Å². The lowest BCUT2D eigenvalue weighted by atomic mass is 10.0. The quantitative estimate of drug-likeness (QED) is 0.840. The molecule has 15 heavy (non-hydrogen) atoms. The molecule has 2 N–H and O–H groups in total. The van der Waals surface area contributed by atoms with Crippen LogP contribution in [-0.4, -0.2) is 17.7 Å². The normalized spacial score (nSPS) is 22.9. The highest BCUT2D eigenvalue weighted by molar-refractivity contribution is 14.1. The first-order valence-electron chi connectivity index (χ1n) is 5.42. The Morgan fingerprint density at radius 2 is 2.13 bits per heavy atom. The van der Waals surface area contributed by atoms with Gasteiger partial charge in [-0.05, 0) is 66.1 Å². The number of hydrogen-bond acceptors (Lipinski definition) is 2. The Kier molecular flexibility index (Phi) is 3.99. The van der Waals surface area contributed by atoms with Gasteiger partial charge < -0.3 is 10.4 Å². The first-order valence-corrected chi connectivity index (χ1v) is 6.50. The first kappa shape index (κ1) is 11.4. The van der Waals surface area contributed by atoms with Crippen LogP contribution in [0.2, 0.25) is 0 Å². The van der Waals surface area contributed by atoms with E-state index in [4.69, 9.17) is 0 Å². The van der Waals surface area contributed by atoms with Crippen molar-refractivity contribution in [2.24, 2.45) is 0 Å². The SMILES string of the molecule is OC(CC1CCCN1)c1ccc(I)cc1. The minimum absolute atomic E-state index is 0.322. The molecule has 1 aromatic rings. The van der Waals surface area contributed by atoms with Crippen LogP contribution in [0.3, 0.4) is 0 Å². The van der Waals surface area contributed by atoms with Gasteiger partial charge in [-0.3, -0.25) is 0 Å². The van der Waals surface area contributed by atoms with Gasteiger partial charge >= 0.3 is 0 Å². The van der Waals surface area contributed by atoms with Crippen LogP contribution >= 0.6 is 22.6 Å². The second-order valence-corrected chi connectivity index (χ2v) is 5.34. The summed E-state index contributed by atoms with van der Waals surface area (Å²) in [5, 5.41) is 13.4. The Hall–Kier alpha value is -0.130. The minimum atomic E-state index is -0.322. The van der Waals surface area contributed by atoms with E-state index in [0.29, 0.717) is 6.04 Å². The Morgan fingerprint density at radius 1 is 1.40 bits per heavy atom. The third-order valence-electron chi connectivity index (χ3n) is 2.92. The summed E-state index contributed by atoms with van der Waals surface area (Å²) in [7, 11) is 0. The zero-order chi connectivity index (χ0) is 10.7. The molecule has 1 aliphatic heterocycles. The third kappa shape index (κ3) is 3.16. The van der Waals surface area contributed by atoms with Gasteiger partial charge in [-0.2, -0.15) is 0 Å². The fourth-order valence-electron chi connectivity index (χ4n) is 2.05. The summed E-state index contributed by atoms with van der Waals surface area (Å²) in [4.78, 5) is 0. The number of nitrogens with one attached hydrogen (secondary N) is 1. The van der Waals surface area contributed by atoms with Crippen molar-refractivity contribution in [1.29, 1.82) is 0 Å². The van der Waals surface area contributed by atoms with Crippen LogP contribution < -0.4 is 5.32 Å². The van der Waals surface area contributed by atoms with E-state index in [9.17, 15) is 5.11 Å². The van der Waals surface area contributed by atoms with Crippen molar-refractivity contribution in [2.75, 3.05) is 6.54 Å². The van der Waals surface area contributed by atoms with Crippen molar-refractivity contribution >= 4 is 22.6 Å². The van der Waals surface area contributed by atoms with Crippen molar-refractivity contribution in [3.8, 4) is 0 Å². The molecule has 0 radical (unpaired) electrons. The number of benzene rings is 1. The molecule has 0 aliphatic carbocycles. The Labute approximate surface area is 104 Å². The van der Waals surface area contributed by atoms with Crippen LogP contribution in [0.25, 0.3) is 0 Å². The van der Waals surface area contributed by atoms with Crippen molar-refractivity contribution < 1.29 is 5.11 Å². The molecule has 82 valence electrons. The monoisotopic (exact) mass is 317 g/mol. The average Bonchev–Trinajstić information content (AvgIpc) is 2.71. The lowest BCUT2D eigenvalue weighted by Crippen LogP contribution is -2.23. The van der Waals surface area contributed by atoms with Crippen LogP contribution in [0, 0.1) is 3.57 Å². The lowest BCUT2D eigenvalue weighted by molar-refractivity contribution is 0.154. The Balaban J connectivity index is 1.94. The van der Waals surface area contributed by atoms with E-state index < -0.39 is 0 Å². The second-order valence-electron chi connectivity index (χ2n) is 4.10. The Morgan fingerprint density at radius 3 is 2.73 bits per heavy atom. The molecule has 2 unspecified atom stereocenters. The number of aliphatic hydroxyl groups is 1. The van der Waals surface area contributed by atoms with Gasteiger partial charge in [0.15, 0.2) is 0 Å². The number of aliphatic hydroxyl groups excluding tert-OH is 1. The molecule has 1 aromatic carbocycles. The minimum Gasteiger partial charge on any atom is -0.388 e. The largest absolute Gasteiger partial charge is 0.388 e. The van der Waals surface area contributed by atoms with Crippen molar-refractivity contribution in [2.45, 2.75) is 31.4 Å². The lowest BCUT2D eigenvalue weighted by Gasteiger charge is -2.16. The molecule has 0 saturated carbocycles. The molecule has 1 saturated heterocycles. The van der Waals surface area contributed by atoms with Gasteiger partial charge in [-0.25, -0.2) is 0 Å². The number of rotatable bonds is 3. The van der Waals surface area contributed by atoms with Crippen LogP contribution in [-0.2, 0) is 0 Å². The molecule has 2 nitrogen and oxygen atoms in total. The van der Waals surface area contributed by atoms with E-state index >= 15 is 0 Å². The summed E-state index contributed by atoms with van der Waals surface area (Å²) >= 11 is 2.28. The maximum Gasteiger partial charge on any atom is 0.0804 e. The van der Waals surface area contributed by atoms with Gasteiger partial charge in [0.05, 0.1) is 6.10 Å². The zero-order valence-electron chi connectivity index (χ0n) is 8.62. The molecule has 0 bridgehead atoms. The van der Waals surface area contributed by atoms with Gasteiger partial charge in [0.2, 0.25) is 0 Å². The fourth-order valence-corrected chi connectivity index (χ4v) is 2.41.